The van der Waals surface area contributed by atoms with Crippen molar-refractivity contribution in [3.63, 3.8) is 0 Å². The molecule has 0 aromatic rings. The largest absolute Gasteiger partial charge is 0.449 e. The van der Waals surface area contributed by atoms with Gasteiger partial charge in [-0.25, -0.2) is 9.93 Å². The molecule has 0 aromatic carbocycles. The van der Waals surface area contributed by atoms with E-state index in [1.807, 2.05) is 0 Å². The Kier molecular flexibility index (Phi) is 6.26. The number of amides is 1. The summed E-state index contributed by atoms with van der Waals surface area (Å²) in [5.41, 5.74) is 0. The van der Waals surface area contributed by atoms with Crippen LogP contribution >= 0.6 is 0 Å². The summed E-state index contributed by atoms with van der Waals surface area (Å²) >= 11 is 0. The fourth-order valence-electron chi connectivity index (χ4n) is 0.858. The Bertz CT molecular complexity index is 313. The second kappa shape index (κ2) is 6.63. The molecule has 0 aliphatic carbocycles. The van der Waals surface area contributed by atoms with Crippen LogP contribution in [0.4, 0.5) is 4.79 Å². The molecule has 0 fully saturated rings. The van der Waals surface area contributed by atoms with Crippen molar-refractivity contribution in [2.24, 2.45) is 5.14 Å². The molecule has 0 bridgehead atoms. The van der Waals surface area contributed by atoms with Gasteiger partial charge >= 0.3 is 16.3 Å². The van der Waals surface area contributed by atoms with Gasteiger partial charge in [0, 0.05) is 14.2 Å². The first-order valence-electron chi connectivity index (χ1n) is 4.39. The molecule has 0 atom stereocenters. The minimum atomic E-state index is -4.20. The lowest BCUT2D eigenvalue weighted by Crippen LogP contribution is -2.46. The number of nitrogens with two attached hydrogens (primary N) is 1. The molecule has 2 N–H and O–H groups in total. The van der Waals surface area contributed by atoms with Gasteiger partial charge in [0.25, 0.3) is 0 Å². The Balaban J connectivity index is 4.76. The first kappa shape index (κ1) is 15.1. The predicted molar refractivity (Wildman–Crippen MR) is 54.6 cm³/mol. The molecule has 0 aliphatic heterocycles. The summed E-state index contributed by atoms with van der Waals surface area (Å²) in [6.07, 6.45) is -1.97. The molecule has 0 saturated heterocycles. The topological polar surface area (TPSA) is 108 Å². The molecule has 1 amide bonds. The van der Waals surface area contributed by atoms with Crippen molar-refractivity contribution in [1.29, 1.82) is 0 Å². The smallest absolute Gasteiger partial charge is 0.424 e. The zero-order valence-corrected chi connectivity index (χ0v) is 10.2. The Labute approximate surface area is 94.4 Å². The lowest BCUT2D eigenvalue weighted by atomic mass is 10.6. The number of methoxy groups -OCH3 is 2. The van der Waals surface area contributed by atoms with Crippen LogP contribution in [0, 0.1) is 0 Å². The number of ether oxygens (including phenoxy) is 3. The van der Waals surface area contributed by atoms with E-state index in [0.717, 1.165) is 0 Å². The highest BCUT2D eigenvalue weighted by molar-refractivity contribution is 7.87. The molecule has 9 heteroatoms. The van der Waals surface area contributed by atoms with Gasteiger partial charge in [0.15, 0.2) is 6.29 Å². The highest BCUT2D eigenvalue weighted by Gasteiger charge is 2.28. The molecule has 96 valence electrons. The minimum Gasteiger partial charge on any atom is -0.449 e. The zero-order chi connectivity index (χ0) is 12.8. The Morgan fingerprint density at radius 1 is 1.38 bits per heavy atom. The van der Waals surface area contributed by atoms with Gasteiger partial charge in [-0.15, -0.1) is 0 Å². The fourth-order valence-corrected chi connectivity index (χ4v) is 1.45. The first-order chi connectivity index (χ1) is 7.36. The highest BCUT2D eigenvalue weighted by atomic mass is 32.2. The summed E-state index contributed by atoms with van der Waals surface area (Å²) in [6, 6.07) is 0. The van der Waals surface area contributed by atoms with E-state index in [4.69, 9.17) is 14.6 Å². The predicted octanol–water partition coefficient (Wildman–Crippen LogP) is -0.733. The summed E-state index contributed by atoms with van der Waals surface area (Å²) < 4.78 is 36.6. The summed E-state index contributed by atoms with van der Waals surface area (Å²) in [4.78, 5) is 11.3. The quantitative estimate of drug-likeness (QED) is 0.627. The molecule has 0 unspecified atom stereocenters. The van der Waals surface area contributed by atoms with Crippen LogP contribution in [0.2, 0.25) is 0 Å². The summed E-state index contributed by atoms with van der Waals surface area (Å²) in [7, 11) is -1.59. The number of nitrogens with zero attached hydrogens (tertiary/aromatic N) is 1. The van der Waals surface area contributed by atoms with Crippen LogP contribution in [0.15, 0.2) is 0 Å². The van der Waals surface area contributed by atoms with Crippen LogP contribution in [0.5, 0.6) is 0 Å². The van der Waals surface area contributed by atoms with Gasteiger partial charge in [-0.2, -0.15) is 12.7 Å². The molecule has 0 spiro atoms. The standard InChI is InChI=1S/C7H16N2O6S/c1-4-15-7(10)9(16(8,11)12)5-6(13-2)14-3/h6H,4-5H2,1-3H3,(H2,8,11,12). The Morgan fingerprint density at radius 2 is 1.88 bits per heavy atom. The maximum atomic E-state index is 11.3. The van der Waals surface area contributed by atoms with Crippen molar-refractivity contribution < 1.29 is 27.4 Å². The average Bonchev–Trinajstić information content (AvgIpc) is 2.17. The van der Waals surface area contributed by atoms with Gasteiger partial charge in [0.05, 0.1) is 13.2 Å². The second-order valence-corrected chi connectivity index (χ2v) is 4.15. The molecule has 0 radical (unpaired) electrons. The van der Waals surface area contributed by atoms with E-state index in [0.29, 0.717) is 4.31 Å². The number of hydrogen-bond donors (Lipinski definition) is 1. The molecule has 0 aromatic heterocycles. The monoisotopic (exact) mass is 256 g/mol. The normalized spacial score (nSPS) is 11.6. The van der Waals surface area contributed by atoms with Gasteiger partial charge in [-0.05, 0) is 6.92 Å². The molecule has 8 nitrogen and oxygen atoms in total. The average molecular weight is 256 g/mol. The van der Waals surface area contributed by atoms with Crippen LogP contribution in [-0.2, 0) is 24.4 Å². The van der Waals surface area contributed by atoms with Gasteiger partial charge in [-0.1, -0.05) is 0 Å². The van der Waals surface area contributed by atoms with Crippen LogP contribution in [0.1, 0.15) is 6.92 Å². The lowest BCUT2D eigenvalue weighted by molar-refractivity contribution is -0.106. The summed E-state index contributed by atoms with van der Waals surface area (Å²) in [6.45, 7) is 1.21. The maximum Gasteiger partial charge on any atom is 0.424 e. The maximum absolute atomic E-state index is 11.3. The van der Waals surface area contributed by atoms with Gasteiger partial charge in [0.2, 0.25) is 0 Å². The third-order valence-corrected chi connectivity index (χ3v) is 2.53. The van der Waals surface area contributed by atoms with E-state index in [2.05, 4.69) is 4.74 Å². The number of carbonyl (C=O) groups is 1. The molecule has 0 saturated carbocycles. The van der Waals surface area contributed by atoms with Crippen molar-refractivity contribution in [2.45, 2.75) is 13.2 Å². The highest BCUT2D eigenvalue weighted by Crippen LogP contribution is 2.04. The molecule has 0 aliphatic rings. The van der Waals surface area contributed by atoms with E-state index in [1.165, 1.54) is 14.2 Å². The van der Waals surface area contributed by atoms with Crippen LogP contribution in [0.3, 0.4) is 0 Å². The number of carbonyl (C=O) groups excluding carboxylic acids is 1. The summed E-state index contributed by atoms with van der Waals surface area (Å²) in [5.74, 6) is 0. The van der Waals surface area contributed by atoms with E-state index in [9.17, 15) is 13.2 Å². The van der Waals surface area contributed by atoms with Gasteiger partial charge in [-0.3, -0.25) is 0 Å². The summed E-state index contributed by atoms with van der Waals surface area (Å²) in [5, 5.41) is 4.85. The van der Waals surface area contributed by atoms with Crippen molar-refractivity contribution in [3.8, 4) is 0 Å². The third-order valence-electron chi connectivity index (χ3n) is 1.62. The van der Waals surface area contributed by atoms with Crippen molar-refractivity contribution in [2.75, 3.05) is 27.4 Å². The lowest BCUT2D eigenvalue weighted by Gasteiger charge is -2.22. The minimum absolute atomic E-state index is 0.0372. The molecular weight excluding hydrogens is 240 g/mol. The van der Waals surface area contributed by atoms with E-state index >= 15 is 0 Å². The Hall–Kier alpha value is -0.900. The van der Waals surface area contributed by atoms with Crippen LogP contribution in [0.25, 0.3) is 0 Å². The third kappa shape index (κ3) is 4.75. The van der Waals surface area contributed by atoms with Crippen molar-refractivity contribution >= 4 is 16.3 Å². The van der Waals surface area contributed by atoms with Crippen LogP contribution < -0.4 is 5.14 Å². The van der Waals surface area contributed by atoms with Crippen molar-refractivity contribution in [3.05, 3.63) is 0 Å². The molecular formula is C7H16N2O6S. The Morgan fingerprint density at radius 3 is 2.19 bits per heavy atom. The SMILES string of the molecule is CCOC(=O)N(CC(OC)OC)S(N)(=O)=O. The van der Waals surface area contributed by atoms with Gasteiger partial charge in [0.1, 0.15) is 0 Å². The van der Waals surface area contributed by atoms with E-state index in [-0.39, 0.29) is 13.2 Å². The first-order valence-corrected chi connectivity index (χ1v) is 5.89. The zero-order valence-electron chi connectivity index (χ0n) is 9.37. The van der Waals surface area contributed by atoms with E-state index < -0.39 is 22.6 Å². The van der Waals surface area contributed by atoms with E-state index in [1.54, 1.807) is 6.92 Å². The number of rotatable bonds is 6. The fraction of sp³-hybridized carbons (Fsp3) is 0.857. The van der Waals surface area contributed by atoms with Crippen molar-refractivity contribution in [1.82, 2.24) is 4.31 Å². The van der Waals surface area contributed by atoms with Gasteiger partial charge < -0.3 is 14.2 Å². The molecule has 0 rings (SSSR count). The van der Waals surface area contributed by atoms with Crippen LogP contribution in [-0.4, -0.2) is 52.5 Å². The molecule has 16 heavy (non-hydrogen) atoms. The number of hydrogen-bond acceptors (Lipinski definition) is 6. The molecule has 0 heterocycles. The second-order valence-electron chi connectivity index (χ2n) is 2.68.